The van der Waals surface area contributed by atoms with Crippen LogP contribution in [0.2, 0.25) is 0 Å². The molecule has 0 N–H and O–H groups in total. The number of carbonyl (C=O) groups excluding carboxylic acids is 1. The molecule has 0 aliphatic rings. The summed E-state index contributed by atoms with van der Waals surface area (Å²) in [7, 11) is 0. The largest absolute Gasteiger partial charge is 0.423 e. The van der Waals surface area contributed by atoms with Gasteiger partial charge >= 0.3 is 5.97 Å². The maximum absolute atomic E-state index is 12.6. The Bertz CT molecular complexity index is 884. The topological polar surface area (TPSA) is 26.3 Å². The van der Waals surface area contributed by atoms with Crippen LogP contribution in [0.25, 0.3) is 10.8 Å². The summed E-state index contributed by atoms with van der Waals surface area (Å²) < 4.78 is 6.40. The zero-order valence-corrected chi connectivity index (χ0v) is 14.7. The molecule has 3 heteroatoms. The summed E-state index contributed by atoms with van der Waals surface area (Å²) in [6.07, 6.45) is 0.907. The molecule has 0 saturated heterocycles. The van der Waals surface area contributed by atoms with Gasteiger partial charge in [0.1, 0.15) is 5.75 Å². The van der Waals surface area contributed by atoms with Crippen molar-refractivity contribution >= 4 is 32.7 Å². The average molecular weight is 369 g/mol. The van der Waals surface area contributed by atoms with E-state index in [9.17, 15) is 4.79 Å². The Labute approximate surface area is 144 Å². The molecule has 0 heterocycles. The van der Waals surface area contributed by atoms with Gasteiger partial charge < -0.3 is 4.74 Å². The fourth-order valence-corrected chi connectivity index (χ4v) is 3.18. The third kappa shape index (κ3) is 3.15. The molecule has 0 fully saturated rings. The SMILES string of the molecule is CCc1ccc(C)c(OC(=O)c2ccc3ccccc3c2Br)c1. The van der Waals surface area contributed by atoms with E-state index in [1.54, 1.807) is 6.07 Å². The molecule has 0 bridgehead atoms. The van der Waals surface area contributed by atoms with Crippen molar-refractivity contribution in [3.8, 4) is 5.75 Å². The molecule has 23 heavy (non-hydrogen) atoms. The lowest BCUT2D eigenvalue weighted by molar-refractivity contribution is 0.0732. The van der Waals surface area contributed by atoms with Gasteiger partial charge in [-0.05, 0) is 63.3 Å². The lowest BCUT2D eigenvalue weighted by Gasteiger charge is -2.11. The number of hydrogen-bond acceptors (Lipinski definition) is 2. The van der Waals surface area contributed by atoms with E-state index in [4.69, 9.17) is 4.74 Å². The van der Waals surface area contributed by atoms with Gasteiger partial charge in [-0.1, -0.05) is 49.4 Å². The second kappa shape index (κ2) is 6.55. The smallest absolute Gasteiger partial charge is 0.344 e. The molecule has 2 nitrogen and oxygen atoms in total. The number of fused-ring (bicyclic) bond motifs is 1. The molecular formula is C20H17BrO2. The van der Waals surface area contributed by atoms with Gasteiger partial charge in [0.15, 0.2) is 0 Å². The van der Waals surface area contributed by atoms with E-state index in [-0.39, 0.29) is 5.97 Å². The summed E-state index contributed by atoms with van der Waals surface area (Å²) in [6.45, 7) is 4.02. The number of rotatable bonds is 3. The lowest BCUT2D eigenvalue weighted by atomic mass is 10.1. The highest BCUT2D eigenvalue weighted by Gasteiger charge is 2.16. The van der Waals surface area contributed by atoms with Crippen LogP contribution in [0.3, 0.4) is 0 Å². The third-order valence-corrected chi connectivity index (χ3v) is 4.80. The summed E-state index contributed by atoms with van der Waals surface area (Å²) in [5, 5.41) is 2.08. The first-order valence-electron chi connectivity index (χ1n) is 7.59. The number of carbonyl (C=O) groups is 1. The zero-order valence-electron chi connectivity index (χ0n) is 13.1. The minimum absolute atomic E-state index is 0.348. The lowest BCUT2D eigenvalue weighted by Crippen LogP contribution is -2.10. The first-order valence-corrected chi connectivity index (χ1v) is 8.38. The molecule has 0 amide bonds. The van der Waals surface area contributed by atoms with Gasteiger partial charge in [-0.15, -0.1) is 0 Å². The molecule has 0 atom stereocenters. The highest BCUT2D eigenvalue weighted by molar-refractivity contribution is 9.10. The Morgan fingerprint density at radius 2 is 1.87 bits per heavy atom. The van der Waals surface area contributed by atoms with Crippen LogP contribution in [0.1, 0.15) is 28.4 Å². The van der Waals surface area contributed by atoms with E-state index in [2.05, 4.69) is 28.9 Å². The Hall–Kier alpha value is -2.13. The quantitative estimate of drug-likeness (QED) is 0.438. The van der Waals surface area contributed by atoms with Gasteiger partial charge in [-0.3, -0.25) is 0 Å². The molecule has 0 radical (unpaired) electrons. The Kier molecular flexibility index (Phi) is 4.49. The van der Waals surface area contributed by atoms with Crippen molar-refractivity contribution in [2.45, 2.75) is 20.3 Å². The molecule has 3 aromatic rings. The second-order valence-electron chi connectivity index (χ2n) is 5.49. The van der Waals surface area contributed by atoms with Crippen LogP contribution < -0.4 is 4.74 Å². The van der Waals surface area contributed by atoms with E-state index >= 15 is 0 Å². The van der Waals surface area contributed by atoms with Crippen molar-refractivity contribution in [1.82, 2.24) is 0 Å². The normalized spacial score (nSPS) is 10.7. The minimum atomic E-state index is -0.348. The van der Waals surface area contributed by atoms with Crippen molar-refractivity contribution in [2.75, 3.05) is 0 Å². The van der Waals surface area contributed by atoms with Crippen LogP contribution in [0.4, 0.5) is 0 Å². The van der Waals surface area contributed by atoms with E-state index in [1.807, 2.05) is 49.4 Å². The molecule has 0 aliphatic carbocycles. The first-order chi connectivity index (χ1) is 11.1. The molecule has 0 unspecified atom stereocenters. The average Bonchev–Trinajstić information content (AvgIpc) is 2.57. The van der Waals surface area contributed by atoms with Gasteiger partial charge in [0.25, 0.3) is 0 Å². The molecule has 3 aromatic carbocycles. The van der Waals surface area contributed by atoms with Crippen molar-refractivity contribution in [3.05, 3.63) is 75.8 Å². The summed E-state index contributed by atoms with van der Waals surface area (Å²) in [6, 6.07) is 17.6. The fourth-order valence-electron chi connectivity index (χ4n) is 2.52. The third-order valence-electron chi connectivity index (χ3n) is 3.95. The zero-order chi connectivity index (χ0) is 16.4. The second-order valence-corrected chi connectivity index (χ2v) is 6.28. The summed E-state index contributed by atoms with van der Waals surface area (Å²) in [5.74, 6) is 0.272. The van der Waals surface area contributed by atoms with Crippen LogP contribution in [0.5, 0.6) is 5.75 Å². The van der Waals surface area contributed by atoms with Gasteiger partial charge in [0.05, 0.1) is 5.56 Å². The molecule has 0 spiro atoms. The van der Waals surface area contributed by atoms with Crippen molar-refractivity contribution < 1.29 is 9.53 Å². The molecule has 116 valence electrons. The van der Waals surface area contributed by atoms with E-state index < -0.39 is 0 Å². The van der Waals surface area contributed by atoms with Crippen LogP contribution in [-0.2, 0) is 6.42 Å². The van der Waals surface area contributed by atoms with Crippen LogP contribution in [0.15, 0.2) is 59.1 Å². The first kappa shape index (κ1) is 15.8. The van der Waals surface area contributed by atoms with Gasteiger partial charge in [-0.2, -0.15) is 0 Å². The van der Waals surface area contributed by atoms with E-state index in [0.29, 0.717) is 11.3 Å². The number of aryl methyl sites for hydroxylation is 2. The Balaban J connectivity index is 1.97. The standard InChI is InChI=1S/C20H17BrO2/c1-3-14-9-8-13(2)18(12-14)23-20(22)17-11-10-15-6-4-5-7-16(15)19(17)21/h4-12H,3H2,1-2H3. The molecule has 3 rings (SSSR count). The van der Waals surface area contributed by atoms with Gasteiger partial charge in [0, 0.05) is 4.47 Å². The molecule has 0 saturated carbocycles. The predicted molar refractivity (Wildman–Crippen MR) is 97.2 cm³/mol. The van der Waals surface area contributed by atoms with Crippen molar-refractivity contribution in [1.29, 1.82) is 0 Å². The summed E-state index contributed by atoms with van der Waals surface area (Å²) in [4.78, 5) is 12.6. The number of hydrogen-bond donors (Lipinski definition) is 0. The summed E-state index contributed by atoms with van der Waals surface area (Å²) >= 11 is 3.54. The highest BCUT2D eigenvalue weighted by atomic mass is 79.9. The van der Waals surface area contributed by atoms with Gasteiger partial charge in [0.2, 0.25) is 0 Å². The maximum atomic E-state index is 12.6. The monoisotopic (exact) mass is 368 g/mol. The van der Waals surface area contributed by atoms with Crippen LogP contribution in [0, 0.1) is 6.92 Å². The molecule has 0 aliphatic heterocycles. The number of halogens is 1. The van der Waals surface area contributed by atoms with Gasteiger partial charge in [-0.25, -0.2) is 4.79 Å². The fraction of sp³-hybridized carbons (Fsp3) is 0.150. The predicted octanol–water partition coefficient (Wildman–Crippen LogP) is 5.69. The van der Waals surface area contributed by atoms with E-state index in [1.165, 1.54) is 0 Å². The van der Waals surface area contributed by atoms with Crippen molar-refractivity contribution in [2.24, 2.45) is 0 Å². The maximum Gasteiger partial charge on any atom is 0.344 e. The van der Waals surface area contributed by atoms with Crippen molar-refractivity contribution in [3.63, 3.8) is 0 Å². The molecule has 0 aromatic heterocycles. The Morgan fingerprint density at radius 3 is 2.65 bits per heavy atom. The van der Waals surface area contributed by atoms with Crippen LogP contribution >= 0.6 is 15.9 Å². The summed E-state index contributed by atoms with van der Waals surface area (Å²) in [5.41, 5.74) is 2.63. The Morgan fingerprint density at radius 1 is 1.09 bits per heavy atom. The minimum Gasteiger partial charge on any atom is -0.423 e. The highest BCUT2D eigenvalue weighted by Crippen LogP contribution is 2.29. The number of benzene rings is 3. The number of ether oxygens (including phenoxy) is 1. The number of esters is 1. The van der Waals surface area contributed by atoms with E-state index in [0.717, 1.165) is 32.8 Å². The van der Waals surface area contributed by atoms with Crippen LogP contribution in [-0.4, -0.2) is 5.97 Å². The molecular weight excluding hydrogens is 352 g/mol.